The Kier molecular flexibility index (Phi) is 8.51. The van der Waals surface area contributed by atoms with Crippen molar-refractivity contribution in [2.75, 3.05) is 13.1 Å². The Balaban J connectivity index is 3.41. The van der Waals surface area contributed by atoms with Crippen LogP contribution in [-0.2, 0) is 4.79 Å². The summed E-state index contributed by atoms with van der Waals surface area (Å²) in [6.45, 7) is 0.638. The Hall–Kier alpha value is -1.74. The second-order valence-corrected chi connectivity index (χ2v) is 3.49. The molecule has 6 nitrogen and oxygen atoms in total. The summed E-state index contributed by atoms with van der Waals surface area (Å²) in [4.78, 5) is 21.4. The van der Waals surface area contributed by atoms with Crippen LogP contribution in [0.15, 0.2) is 0 Å². The molecule has 0 unspecified atom stereocenters. The number of aliphatic carboxylic acids is 1. The lowest BCUT2D eigenvalue weighted by atomic mass is 10.2. The molecule has 0 radical (unpaired) electrons. The quantitative estimate of drug-likeness (QED) is 0.353. The number of carbonyl (C=O) groups excluding carboxylic acids is 1. The van der Waals surface area contributed by atoms with E-state index in [1.807, 2.05) is 0 Å². The molecule has 0 aliphatic carbocycles. The molecule has 0 spiro atoms. The summed E-state index contributed by atoms with van der Waals surface area (Å²) in [5, 5.41) is 22.3. The molecule has 6 heteroatoms. The van der Waals surface area contributed by atoms with Crippen molar-refractivity contribution >= 4 is 12.0 Å². The molecule has 0 aromatic carbocycles. The zero-order valence-electron chi connectivity index (χ0n) is 9.61. The van der Waals surface area contributed by atoms with Gasteiger partial charge >= 0.3 is 12.0 Å². The molecule has 4 N–H and O–H groups in total. The van der Waals surface area contributed by atoms with Crippen molar-refractivity contribution in [1.29, 1.82) is 0 Å². The molecule has 0 aromatic rings. The first kappa shape index (κ1) is 15.3. The van der Waals surface area contributed by atoms with Crippen LogP contribution in [0.4, 0.5) is 4.79 Å². The maximum absolute atomic E-state index is 11.1. The molecule has 17 heavy (non-hydrogen) atoms. The Morgan fingerprint density at radius 2 is 1.88 bits per heavy atom. The molecule has 0 rings (SSSR count). The zero-order valence-corrected chi connectivity index (χ0v) is 9.61. The van der Waals surface area contributed by atoms with E-state index in [0.717, 1.165) is 12.8 Å². The normalized spacial score (nSPS) is 11.3. The van der Waals surface area contributed by atoms with Crippen LogP contribution in [0.2, 0.25) is 0 Å². The van der Waals surface area contributed by atoms with Crippen LogP contribution in [0.25, 0.3) is 0 Å². The number of hydrogen-bond acceptors (Lipinski definition) is 3. The SMILES string of the molecule is C#CCCCCNC(=O)NCC[C@H](O)C(=O)O. The number of aliphatic hydroxyl groups is 1. The van der Waals surface area contributed by atoms with E-state index in [4.69, 9.17) is 16.6 Å². The van der Waals surface area contributed by atoms with Crippen LogP contribution in [0, 0.1) is 12.3 Å². The minimum Gasteiger partial charge on any atom is -0.479 e. The first-order chi connectivity index (χ1) is 8.07. The van der Waals surface area contributed by atoms with Gasteiger partial charge in [0.15, 0.2) is 6.10 Å². The number of rotatable bonds is 8. The smallest absolute Gasteiger partial charge is 0.332 e. The lowest BCUT2D eigenvalue weighted by molar-refractivity contribution is -0.146. The lowest BCUT2D eigenvalue weighted by Gasteiger charge is -2.08. The van der Waals surface area contributed by atoms with Gasteiger partial charge in [-0.2, -0.15) is 0 Å². The number of nitrogens with one attached hydrogen (secondary N) is 2. The second-order valence-electron chi connectivity index (χ2n) is 3.49. The number of urea groups is 1. The number of unbranched alkanes of at least 4 members (excludes halogenated alkanes) is 2. The third kappa shape index (κ3) is 9.20. The van der Waals surface area contributed by atoms with Crippen LogP contribution in [0.1, 0.15) is 25.7 Å². The maximum atomic E-state index is 11.1. The van der Waals surface area contributed by atoms with Crippen molar-refractivity contribution in [3.8, 4) is 12.3 Å². The minimum atomic E-state index is -1.44. The molecule has 0 fully saturated rings. The number of carbonyl (C=O) groups is 2. The first-order valence-electron chi connectivity index (χ1n) is 5.44. The van der Waals surface area contributed by atoms with Gasteiger partial charge in [-0.15, -0.1) is 12.3 Å². The summed E-state index contributed by atoms with van der Waals surface area (Å²) >= 11 is 0. The predicted octanol–water partition coefficient (Wildman–Crippen LogP) is -0.0753. The number of terminal acetylenes is 1. The van der Waals surface area contributed by atoms with Crippen molar-refractivity contribution in [2.24, 2.45) is 0 Å². The average Bonchev–Trinajstić information content (AvgIpc) is 2.28. The van der Waals surface area contributed by atoms with Gasteiger partial charge in [-0.25, -0.2) is 9.59 Å². The Labute approximate surface area is 100 Å². The van der Waals surface area contributed by atoms with Gasteiger partial charge in [-0.05, 0) is 12.8 Å². The van der Waals surface area contributed by atoms with E-state index < -0.39 is 12.1 Å². The van der Waals surface area contributed by atoms with E-state index >= 15 is 0 Å². The van der Waals surface area contributed by atoms with E-state index in [-0.39, 0.29) is 19.0 Å². The van der Waals surface area contributed by atoms with E-state index in [1.54, 1.807) is 0 Å². The molecule has 0 aliphatic heterocycles. The number of aliphatic hydroxyl groups excluding tert-OH is 1. The summed E-state index contributed by atoms with van der Waals surface area (Å²) in [6.07, 6.45) is 5.96. The third-order valence-corrected chi connectivity index (χ3v) is 2.02. The van der Waals surface area contributed by atoms with Gasteiger partial charge in [0.1, 0.15) is 0 Å². The summed E-state index contributed by atoms with van der Waals surface area (Å²) in [7, 11) is 0. The van der Waals surface area contributed by atoms with Crippen LogP contribution in [0.3, 0.4) is 0 Å². The Bertz CT molecular complexity index is 286. The van der Waals surface area contributed by atoms with Crippen LogP contribution in [0.5, 0.6) is 0 Å². The highest BCUT2D eigenvalue weighted by Gasteiger charge is 2.12. The van der Waals surface area contributed by atoms with Gasteiger partial charge < -0.3 is 20.8 Å². The fourth-order valence-corrected chi connectivity index (χ4v) is 1.06. The molecule has 0 saturated carbocycles. The molecule has 1 atom stereocenters. The molecule has 0 aromatic heterocycles. The van der Waals surface area contributed by atoms with Gasteiger partial charge in [0, 0.05) is 25.9 Å². The fourth-order valence-electron chi connectivity index (χ4n) is 1.06. The van der Waals surface area contributed by atoms with Crippen molar-refractivity contribution in [3.05, 3.63) is 0 Å². The Morgan fingerprint density at radius 3 is 2.47 bits per heavy atom. The van der Waals surface area contributed by atoms with Crippen molar-refractivity contribution in [3.63, 3.8) is 0 Å². The largest absolute Gasteiger partial charge is 0.479 e. The summed E-state index contributed by atoms with van der Waals surface area (Å²) in [5.41, 5.74) is 0. The van der Waals surface area contributed by atoms with Crippen molar-refractivity contribution in [1.82, 2.24) is 10.6 Å². The van der Waals surface area contributed by atoms with E-state index in [1.165, 1.54) is 0 Å². The van der Waals surface area contributed by atoms with E-state index in [0.29, 0.717) is 13.0 Å². The highest BCUT2D eigenvalue weighted by atomic mass is 16.4. The van der Waals surface area contributed by atoms with E-state index in [2.05, 4.69) is 16.6 Å². The first-order valence-corrected chi connectivity index (χ1v) is 5.44. The second kappa shape index (κ2) is 9.48. The fraction of sp³-hybridized carbons (Fsp3) is 0.636. The van der Waals surface area contributed by atoms with Crippen molar-refractivity contribution < 1.29 is 19.8 Å². The lowest BCUT2D eigenvalue weighted by Crippen LogP contribution is -2.38. The molecule has 0 heterocycles. The molecule has 2 amide bonds. The van der Waals surface area contributed by atoms with Crippen LogP contribution < -0.4 is 10.6 Å². The van der Waals surface area contributed by atoms with E-state index in [9.17, 15) is 9.59 Å². The number of amides is 2. The topological polar surface area (TPSA) is 98.7 Å². The highest BCUT2D eigenvalue weighted by Crippen LogP contribution is 1.91. The van der Waals surface area contributed by atoms with Crippen molar-refractivity contribution in [2.45, 2.75) is 31.8 Å². The average molecular weight is 242 g/mol. The standard InChI is InChI=1S/C11H18N2O4/c1-2-3-4-5-7-12-11(17)13-8-6-9(14)10(15)16/h1,9,14H,3-8H2,(H,15,16)(H2,12,13,17)/t9-/m0/s1. The summed E-state index contributed by atoms with van der Waals surface area (Å²) < 4.78 is 0. The molecule has 0 bridgehead atoms. The summed E-state index contributed by atoms with van der Waals surface area (Å²) in [6, 6.07) is -0.372. The number of carboxylic acids is 1. The van der Waals surface area contributed by atoms with Gasteiger partial charge in [-0.3, -0.25) is 0 Å². The molecule has 96 valence electrons. The van der Waals surface area contributed by atoms with Gasteiger partial charge in [0.2, 0.25) is 0 Å². The van der Waals surface area contributed by atoms with Gasteiger partial charge in [0.05, 0.1) is 0 Å². The molecular weight excluding hydrogens is 224 g/mol. The third-order valence-electron chi connectivity index (χ3n) is 2.02. The predicted molar refractivity (Wildman–Crippen MR) is 62.3 cm³/mol. The molecular formula is C11H18N2O4. The molecule has 0 saturated heterocycles. The summed E-state index contributed by atoms with van der Waals surface area (Å²) in [5.74, 6) is 1.21. The molecule has 0 aliphatic rings. The Morgan fingerprint density at radius 1 is 1.24 bits per heavy atom. The van der Waals surface area contributed by atoms with Gasteiger partial charge in [-0.1, -0.05) is 0 Å². The highest BCUT2D eigenvalue weighted by molar-refractivity contribution is 5.74. The maximum Gasteiger partial charge on any atom is 0.332 e. The zero-order chi connectivity index (χ0) is 13.1. The monoisotopic (exact) mass is 242 g/mol. The number of hydrogen-bond donors (Lipinski definition) is 4. The minimum absolute atomic E-state index is 0.0140. The number of carboxylic acid groups (broad SMARTS) is 1. The van der Waals surface area contributed by atoms with Crippen LogP contribution >= 0.6 is 0 Å². The van der Waals surface area contributed by atoms with Gasteiger partial charge in [0.25, 0.3) is 0 Å². The van der Waals surface area contributed by atoms with Crippen LogP contribution in [-0.4, -0.2) is 41.4 Å².